The van der Waals surface area contributed by atoms with Gasteiger partial charge in [0.2, 0.25) is 0 Å². The van der Waals surface area contributed by atoms with E-state index >= 15 is 0 Å². The van der Waals surface area contributed by atoms with Gasteiger partial charge in [-0.2, -0.15) is 0 Å². The van der Waals surface area contributed by atoms with Gasteiger partial charge in [0, 0.05) is 0 Å². The zero-order valence-electron chi connectivity index (χ0n) is 9.52. The molecule has 0 aromatic carbocycles. The number of aliphatic hydroxyl groups is 1. The maximum absolute atomic E-state index is 8.84. The van der Waals surface area contributed by atoms with Crippen molar-refractivity contribution in [1.82, 2.24) is 0 Å². The van der Waals surface area contributed by atoms with Crippen LogP contribution in [0.15, 0.2) is 23.3 Å². The first-order valence-corrected chi connectivity index (χ1v) is 3.85. The Hall–Kier alpha value is -0.560. The molecule has 0 fully saturated rings. The minimum absolute atomic E-state index is 0.797. The van der Waals surface area contributed by atoms with Gasteiger partial charge in [-0.05, 0) is 33.6 Å². The SMILES string of the molecule is [2H]C([2H])(O)/C=C(/C)CCC=C(C)C. The molecule has 0 bridgehead atoms. The standard InChI is InChI=1S/C10H18O/c1-9(2)5-4-6-10(3)7-8-11/h5,7,11H,4,6,8H2,1-3H3/b10-7-/i8D2. The Labute approximate surface area is 72.2 Å². The summed E-state index contributed by atoms with van der Waals surface area (Å²) in [6.07, 6.45) is 5.06. The fourth-order valence-electron chi connectivity index (χ4n) is 0.771. The van der Waals surface area contributed by atoms with Crippen molar-refractivity contribution < 1.29 is 7.85 Å². The third-order valence-corrected chi connectivity index (χ3v) is 1.40. The molecule has 0 radical (unpaired) electrons. The fourth-order valence-corrected chi connectivity index (χ4v) is 0.771. The van der Waals surface area contributed by atoms with E-state index in [2.05, 4.69) is 6.08 Å². The van der Waals surface area contributed by atoms with E-state index < -0.39 is 6.56 Å². The topological polar surface area (TPSA) is 20.2 Å². The summed E-state index contributed by atoms with van der Waals surface area (Å²) >= 11 is 0. The number of rotatable bonds is 4. The molecule has 0 aliphatic rings. The second kappa shape index (κ2) is 6.17. The number of hydrogen-bond acceptors (Lipinski definition) is 1. The zero-order chi connectivity index (χ0) is 10.5. The van der Waals surface area contributed by atoms with Crippen LogP contribution in [0, 0.1) is 0 Å². The summed E-state index contributed by atoms with van der Waals surface area (Å²) in [4.78, 5) is 0. The van der Waals surface area contributed by atoms with Crippen molar-refractivity contribution in [2.75, 3.05) is 6.56 Å². The zero-order valence-corrected chi connectivity index (χ0v) is 7.52. The lowest BCUT2D eigenvalue weighted by molar-refractivity contribution is 0.341. The van der Waals surface area contributed by atoms with Gasteiger partial charge in [-0.25, -0.2) is 0 Å². The Morgan fingerprint density at radius 3 is 2.45 bits per heavy atom. The van der Waals surface area contributed by atoms with Crippen LogP contribution in [0.25, 0.3) is 0 Å². The van der Waals surface area contributed by atoms with E-state index in [0.29, 0.717) is 0 Å². The Bertz CT molecular complexity index is 207. The maximum atomic E-state index is 8.84. The largest absolute Gasteiger partial charge is 0.392 e. The Balaban J connectivity index is 3.95. The van der Waals surface area contributed by atoms with Crippen LogP contribution in [0.4, 0.5) is 0 Å². The van der Waals surface area contributed by atoms with Crippen molar-refractivity contribution in [1.29, 1.82) is 0 Å². The molecular formula is C10H18O. The second-order valence-electron chi connectivity index (χ2n) is 2.94. The lowest BCUT2D eigenvalue weighted by atomic mass is 10.1. The van der Waals surface area contributed by atoms with Gasteiger partial charge in [0.25, 0.3) is 0 Å². The lowest BCUT2D eigenvalue weighted by Gasteiger charge is -1.96. The highest BCUT2D eigenvalue weighted by Gasteiger charge is 1.86. The van der Waals surface area contributed by atoms with Crippen LogP contribution >= 0.6 is 0 Å². The van der Waals surface area contributed by atoms with Crippen molar-refractivity contribution >= 4 is 0 Å². The van der Waals surface area contributed by atoms with Crippen molar-refractivity contribution in [2.45, 2.75) is 33.6 Å². The minimum Gasteiger partial charge on any atom is -0.392 e. The van der Waals surface area contributed by atoms with Crippen LogP contribution < -0.4 is 0 Å². The molecule has 0 rings (SSSR count). The van der Waals surface area contributed by atoms with Gasteiger partial charge in [-0.1, -0.05) is 23.3 Å². The first kappa shape index (κ1) is 7.11. The Morgan fingerprint density at radius 2 is 2.00 bits per heavy atom. The molecule has 0 heterocycles. The minimum atomic E-state index is -2.17. The Morgan fingerprint density at radius 1 is 1.36 bits per heavy atom. The predicted octanol–water partition coefficient (Wildman–Crippen LogP) is 2.67. The van der Waals surface area contributed by atoms with E-state index in [4.69, 9.17) is 7.85 Å². The van der Waals surface area contributed by atoms with E-state index in [1.807, 2.05) is 20.8 Å². The predicted molar refractivity (Wildman–Crippen MR) is 49.5 cm³/mol. The van der Waals surface area contributed by atoms with Gasteiger partial charge in [0.15, 0.2) is 0 Å². The summed E-state index contributed by atoms with van der Waals surface area (Å²) in [6, 6.07) is 0. The van der Waals surface area contributed by atoms with Gasteiger partial charge in [-0.15, -0.1) is 0 Å². The quantitative estimate of drug-likeness (QED) is 0.620. The van der Waals surface area contributed by atoms with Crippen molar-refractivity contribution in [3.63, 3.8) is 0 Å². The van der Waals surface area contributed by atoms with E-state index in [1.165, 1.54) is 11.6 Å². The molecule has 11 heavy (non-hydrogen) atoms. The molecule has 0 saturated carbocycles. The molecule has 1 N–H and O–H groups in total. The summed E-state index contributed by atoms with van der Waals surface area (Å²) in [5, 5.41) is 8.84. The summed E-state index contributed by atoms with van der Waals surface area (Å²) < 4.78 is 13.8. The molecule has 0 unspecified atom stereocenters. The monoisotopic (exact) mass is 156 g/mol. The van der Waals surface area contributed by atoms with Crippen LogP contribution in [0.1, 0.15) is 36.4 Å². The normalized spacial score (nSPS) is 15.5. The first-order chi connectivity index (χ1) is 5.81. The molecule has 0 aromatic heterocycles. The summed E-state index contributed by atoms with van der Waals surface area (Å²) in [5.74, 6) is 0. The van der Waals surface area contributed by atoms with Crippen molar-refractivity contribution in [3.8, 4) is 0 Å². The third-order valence-electron chi connectivity index (χ3n) is 1.40. The van der Waals surface area contributed by atoms with E-state index in [0.717, 1.165) is 18.4 Å². The molecule has 64 valence electrons. The third kappa shape index (κ3) is 7.34. The van der Waals surface area contributed by atoms with Crippen LogP contribution in [-0.4, -0.2) is 11.7 Å². The van der Waals surface area contributed by atoms with Crippen LogP contribution in [0.5, 0.6) is 0 Å². The summed E-state index contributed by atoms with van der Waals surface area (Å²) in [7, 11) is 0. The maximum Gasteiger partial charge on any atom is 0.0614 e. The van der Waals surface area contributed by atoms with E-state index in [-0.39, 0.29) is 0 Å². The van der Waals surface area contributed by atoms with E-state index in [9.17, 15) is 0 Å². The summed E-state index contributed by atoms with van der Waals surface area (Å²) in [6.45, 7) is 3.72. The lowest BCUT2D eigenvalue weighted by Crippen LogP contribution is -1.80. The van der Waals surface area contributed by atoms with Crippen molar-refractivity contribution in [2.24, 2.45) is 0 Å². The average molecular weight is 156 g/mol. The highest BCUT2D eigenvalue weighted by atomic mass is 16.2. The fraction of sp³-hybridized carbons (Fsp3) is 0.600. The van der Waals surface area contributed by atoms with Gasteiger partial charge in [-0.3, -0.25) is 0 Å². The average Bonchev–Trinajstić information content (AvgIpc) is 1.81. The Kier molecular flexibility index (Phi) is 3.99. The molecule has 0 aliphatic heterocycles. The molecule has 0 amide bonds. The molecule has 1 heteroatoms. The van der Waals surface area contributed by atoms with Gasteiger partial charge >= 0.3 is 0 Å². The van der Waals surface area contributed by atoms with Crippen LogP contribution in [0.2, 0.25) is 0 Å². The highest BCUT2D eigenvalue weighted by molar-refractivity contribution is 5.01. The number of allylic oxidation sites excluding steroid dienone is 3. The second-order valence-corrected chi connectivity index (χ2v) is 2.94. The molecule has 1 nitrogen and oxygen atoms in total. The summed E-state index contributed by atoms with van der Waals surface area (Å²) in [5.41, 5.74) is 2.14. The first-order valence-electron chi connectivity index (χ1n) is 4.85. The molecule has 0 aromatic rings. The van der Waals surface area contributed by atoms with E-state index in [1.54, 1.807) is 0 Å². The van der Waals surface area contributed by atoms with Crippen molar-refractivity contribution in [3.05, 3.63) is 23.3 Å². The molecule has 0 aliphatic carbocycles. The number of hydrogen-bond donors (Lipinski definition) is 1. The van der Waals surface area contributed by atoms with Gasteiger partial charge < -0.3 is 5.11 Å². The van der Waals surface area contributed by atoms with Crippen LogP contribution in [0.3, 0.4) is 0 Å². The molecular weight excluding hydrogens is 136 g/mol. The molecule has 0 saturated heterocycles. The molecule has 0 spiro atoms. The van der Waals surface area contributed by atoms with Crippen LogP contribution in [-0.2, 0) is 0 Å². The highest BCUT2D eigenvalue weighted by Crippen LogP contribution is 2.05. The molecule has 0 atom stereocenters. The smallest absolute Gasteiger partial charge is 0.0614 e. The van der Waals surface area contributed by atoms with Gasteiger partial charge in [0.05, 0.1) is 9.30 Å². The van der Waals surface area contributed by atoms with Gasteiger partial charge in [0.1, 0.15) is 0 Å².